The summed E-state index contributed by atoms with van der Waals surface area (Å²) in [6.45, 7) is 8.42. The Bertz CT molecular complexity index is 696. The number of rotatable bonds is 2. The number of pyridine rings is 1. The zero-order chi connectivity index (χ0) is 19.3. The molecule has 1 aliphatic carbocycles. The molecule has 0 bridgehead atoms. The van der Waals surface area contributed by atoms with Crippen molar-refractivity contribution in [2.75, 3.05) is 13.1 Å². The third-order valence-electron chi connectivity index (χ3n) is 5.12. The Balaban J connectivity index is 1.48. The second-order valence-corrected chi connectivity index (χ2v) is 8.80. The van der Waals surface area contributed by atoms with E-state index in [4.69, 9.17) is 4.74 Å². The van der Waals surface area contributed by atoms with Gasteiger partial charge in [-0.05, 0) is 64.5 Å². The molecule has 7 heteroatoms. The molecule has 1 amide bonds. The minimum atomic E-state index is -4.35. The summed E-state index contributed by atoms with van der Waals surface area (Å²) in [6, 6.07) is 1.54. The van der Waals surface area contributed by atoms with Crippen LogP contribution < -0.4 is 0 Å². The summed E-state index contributed by atoms with van der Waals surface area (Å²) in [4.78, 5) is 17.7. The van der Waals surface area contributed by atoms with Crippen LogP contribution in [0.25, 0.3) is 0 Å². The maximum atomic E-state index is 12.8. The van der Waals surface area contributed by atoms with E-state index in [1.54, 1.807) is 11.0 Å². The quantitative estimate of drug-likeness (QED) is 0.764. The van der Waals surface area contributed by atoms with Crippen LogP contribution in [0.3, 0.4) is 0 Å². The van der Waals surface area contributed by atoms with Crippen LogP contribution in [-0.4, -0.2) is 34.7 Å². The number of carbonyl (C=O) groups excluding carboxylic acids is 1. The zero-order valence-corrected chi connectivity index (χ0v) is 15.6. The highest BCUT2D eigenvalue weighted by Gasteiger charge is 2.54. The van der Waals surface area contributed by atoms with E-state index in [0.29, 0.717) is 31.1 Å². The number of aromatic nitrogens is 1. The lowest BCUT2D eigenvalue weighted by atomic mass is 9.57. The van der Waals surface area contributed by atoms with Crippen molar-refractivity contribution in [2.45, 2.75) is 58.7 Å². The summed E-state index contributed by atoms with van der Waals surface area (Å²) < 4.78 is 43.8. The standard InChI is InChI=1S/C19H25F3N2O2/c1-12-5-14(23-9-15(12)19(20,21)22)6-13-7-18(8-13)10-24(11-18)16(25)26-17(2,3)4/h5,9,13H,6-8,10-11H2,1-4H3. The summed E-state index contributed by atoms with van der Waals surface area (Å²) in [7, 11) is 0. The third-order valence-corrected chi connectivity index (χ3v) is 5.12. The summed E-state index contributed by atoms with van der Waals surface area (Å²) in [5.41, 5.74) is -0.0651. The summed E-state index contributed by atoms with van der Waals surface area (Å²) in [5.74, 6) is 0.416. The van der Waals surface area contributed by atoms with Crippen molar-refractivity contribution < 1.29 is 22.7 Å². The number of likely N-dealkylation sites (tertiary alicyclic amines) is 1. The molecule has 4 nitrogen and oxygen atoms in total. The van der Waals surface area contributed by atoms with E-state index in [1.165, 1.54) is 6.92 Å². The van der Waals surface area contributed by atoms with Gasteiger partial charge in [0.2, 0.25) is 0 Å². The predicted octanol–water partition coefficient (Wildman–Crippen LogP) is 4.60. The summed E-state index contributed by atoms with van der Waals surface area (Å²) in [5, 5.41) is 0. The number of halogens is 3. The molecule has 1 aromatic rings. The van der Waals surface area contributed by atoms with Crippen LogP contribution in [0.2, 0.25) is 0 Å². The molecule has 1 saturated carbocycles. The van der Waals surface area contributed by atoms with Crippen LogP contribution in [0.15, 0.2) is 12.3 Å². The van der Waals surface area contributed by atoms with Gasteiger partial charge in [-0.15, -0.1) is 0 Å². The molecular formula is C19H25F3N2O2. The average molecular weight is 370 g/mol. The second kappa shape index (κ2) is 6.13. The normalized spacial score (nSPS) is 19.9. The van der Waals surface area contributed by atoms with Gasteiger partial charge in [0, 0.05) is 30.4 Å². The highest BCUT2D eigenvalue weighted by atomic mass is 19.4. The van der Waals surface area contributed by atoms with Crippen LogP contribution in [-0.2, 0) is 17.3 Å². The molecule has 0 unspecified atom stereocenters. The Morgan fingerprint density at radius 2 is 1.92 bits per heavy atom. The van der Waals surface area contributed by atoms with Gasteiger partial charge in [-0.2, -0.15) is 13.2 Å². The van der Waals surface area contributed by atoms with Gasteiger partial charge in [0.1, 0.15) is 5.60 Å². The van der Waals surface area contributed by atoms with Crippen molar-refractivity contribution in [3.63, 3.8) is 0 Å². The van der Waals surface area contributed by atoms with Gasteiger partial charge in [0.25, 0.3) is 0 Å². The molecule has 0 aromatic carbocycles. The minimum Gasteiger partial charge on any atom is -0.444 e. The number of alkyl halides is 3. The topological polar surface area (TPSA) is 42.4 Å². The van der Waals surface area contributed by atoms with Crippen molar-refractivity contribution in [1.29, 1.82) is 0 Å². The van der Waals surface area contributed by atoms with Crippen molar-refractivity contribution in [3.8, 4) is 0 Å². The molecule has 3 rings (SSSR count). The summed E-state index contributed by atoms with van der Waals surface area (Å²) in [6.07, 6.45) is -1.04. The average Bonchev–Trinajstić information content (AvgIpc) is 2.36. The van der Waals surface area contributed by atoms with Gasteiger partial charge >= 0.3 is 12.3 Å². The Kier molecular flexibility index (Phi) is 4.48. The van der Waals surface area contributed by atoms with E-state index >= 15 is 0 Å². The van der Waals surface area contributed by atoms with E-state index in [-0.39, 0.29) is 17.1 Å². The lowest BCUT2D eigenvalue weighted by Gasteiger charge is -2.58. The molecule has 144 valence electrons. The monoisotopic (exact) mass is 370 g/mol. The van der Waals surface area contributed by atoms with E-state index < -0.39 is 17.3 Å². The van der Waals surface area contributed by atoms with E-state index in [2.05, 4.69) is 4.98 Å². The van der Waals surface area contributed by atoms with Crippen LogP contribution in [0.1, 0.15) is 50.4 Å². The molecule has 1 spiro atoms. The first kappa shape index (κ1) is 19.0. The molecule has 1 aromatic heterocycles. The van der Waals surface area contributed by atoms with Gasteiger partial charge in [-0.25, -0.2) is 4.79 Å². The van der Waals surface area contributed by atoms with E-state index in [1.807, 2.05) is 20.8 Å². The van der Waals surface area contributed by atoms with Crippen LogP contribution in [0.5, 0.6) is 0 Å². The molecule has 2 heterocycles. The number of ether oxygens (including phenoxy) is 1. The third kappa shape index (κ3) is 3.96. The van der Waals surface area contributed by atoms with Crippen molar-refractivity contribution in [1.82, 2.24) is 9.88 Å². The molecule has 0 radical (unpaired) electrons. The predicted molar refractivity (Wildman–Crippen MR) is 90.6 cm³/mol. The first-order chi connectivity index (χ1) is 11.9. The Hall–Kier alpha value is -1.79. The molecule has 1 saturated heterocycles. The highest BCUT2D eigenvalue weighted by Crippen LogP contribution is 2.53. The number of amides is 1. The van der Waals surface area contributed by atoms with Gasteiger partial charge in [0.15, 0.2) is 0 Å². The first-order valence-corrected chi connectivity index (χ1v) is 8.88. The minimum absolute atomic E-state index is 0.169. The SMILES string of the molecule is Cc1cc(CC2CC3(C2)CN(C(=O)OC(C)(C)C)C3)ncc1C(F)(F)F. The number of hydrogen-bond donors (Lipinski definition) is 0. The smallest absolute Gasteiger partial charge is 0.418 e. The Morgan fingerprint density at radius 1 is 1.31 bits per heavy atom. The molecule has 2 fully saturated rings. The fourth-order valence-corrected chi connectivity index (χ4v) is 4.10. The Morgan fingerprint density at radius 3 is 2.42 bits per heavy atom. The van der Waals surface area contributed by atoms with E-state index in [9.17, 15) is 18.0 Å². The van der Waals surface area contributed by atoms with Crippen LogP contribution in [0.4, 0.5) is 18.0 Å². The van der Waals surface area contributed by atoms with Gasteiger partial charge < -0.3 is 9.64 Å². The fraction of sp³-hybridized carbons (Fsp3) is 0.684. The van der Waals surface area contributed by atoms with Crippen molar-refractivity contribution >= 4 is 6.09 Å². The molecule has 0 atom stereocenters. The van der Waals surface area contributed by atoms with E-state index in [0.717, 1.165) is 19.0 Å². The Labute approximate surface area is 151 Å². The maximum Gasteiger partial charge on any atom is 0.418 e. The van der Waals surface area contributed by atoms with Gasteiger partial charge in [-0.3, -0.25) is 4.98 Å². The highest BCUT2D eigenvalue weighted by molar-refractivity contribution is 5.69. The number of nitrogens with zero attached hydrogens (tertiary/aromatic N) is 2. The zero-order valence-electron chi connectivity index (χ0n) is 15.6. The second-order valence-electron chi connectivity index (χ2n) is 8.80. The van der Waals surface area contributed by atoms with Crippen molar-refractivity contribution in [2.24, 2.45) is 11.3 Å². The van der Waals surface area contributed by atoms with Crippen LogP contribution in [0, 0.1) is 18.3 Å². The molecule has 26 heavy (non-hydrogen) atoms. The van der Waals surface area contributed by atoms with Crippen molar-refractivity contribution in [3.05, 3.63) is 29.1 Å². The maximum absolute atomic E-state index is 12.8. The molecule has 1 aliphatic heterocycles. The lowest BCUT2D eigenvalue weighted by Crippen LogP contribution is -2.64. The number of hydrogen-bond acceptors (Lipinski definition) is 3. The molecule has 0 N–H and O–H groups in total. The van der Waals surface area contributed by atoms with Crippen LogP contribution >= 0.6 is 0 Å². The number of carbonyl (C=O) groups is 1. The number of aryl methyl sites for hydroxylation is 1. The first-order valence-electron chi connectivity index (χ1n) is 8.88. The summed E-state index contributed by atoms with van der Waals surface area (Å²) >= 11 is 0. The van der Waals surface area contributed by atoms with Gasteiger partial charge in [-0.1, -0.05) is 0 Å². The molecular weight excluding hydrogens is 345 g/mol. The fourth-order valence-electron chi connectivity index (χ4n) is 4.10. The largest absolute Gasteiger partial charge is 0.444 e. The molecule has 2 aliphatic rings. The lowest BCUT2D eigenvalue weighted by molar-refractivity contribution is -0.138. The van der Waals surface area contributed by atoms with Gasteiger partial charge in [0.05, 0.1) is 5.56 Å².